The predicted molar refractivity (Wildman–Crippen MR) is 110 cm³/mol. The van der Waals surface area contributed by atoms with Crippen molar-refractivity contribution in [2.45, 2.75) is 32.5 Å². The van der Waals surface area contributed by atoms with E-state index in [2.05, 4.69) is 9.64 Å². The van der Waals surface area contributed by atoms with Crippen LogP contribution in [0.4, 0.5) is 13.2 Å². The average molecular weight is 455 g/mol. The highest BCUT2D eigenvalue weighted by Crippen LogP contribution is 2.28. The number of alkyl halides is 3. The summed E-state index contributed by atoms with van der Waals surface area (Å²) in [6, 6.07) is 5.67. The Morgan fingerprint density at radius 1 is 1.03 bits per heavy atom. The predicted octanol–water partition coefficient (Wildman–Crippen LogP) is 2.42. The molecule has 2 aliphatic rings. The third-order valence-electron chi connectivity index (χ3n) is 5.70. The molecule has 0 N–H and O–H groups in total. The number of halogens is 3. The minimum atomic E-state index is -4.32. The number of nitrogens with zero attached hydrogens (tertiary/aromatic N) is 3. The van der Waals surface area contributed by atoms with Crippen LogP contribution >= 0.6 is 0 Å². The van der Waals surface area contributed by atoms with Gasteiger partial charge in [0.25, 0.3) is 11.8 Å². The lowest BCUT2D eigenvalue weighted by Crippen LogP contribution is -2.57. The number of piperazine rings is 1. The number of fused-ring (bicyclic) bond motifs is 1. The van der Waals surface area contributed by atoms with Crippen molar-refractivity contribution in [2.24, 2.45) is 5.92 Å². The summed E-state index contributed by atoms with van der Waals surface area (Å²) < 4.78 is 40.9. The van der Waals surface area contributed by atoms with E-state index in [1.165, 1.54) is 0 Å². The Hall–Kier alpha value is -2.46. The van der Waals surface area contributed by atoms with Crippen LogP contribution in [0.25, 0.3) is 0 Å². The van der Waals surface area contributed by atoms with Gasteiger partial charge in [-0.25, -0.2) is 0 Å². The second kappa shape index (κ2) is 9.99. The molecule has 2 heterocycles. The number of rotatable bonds is 8. The van der Waals surface area contributed by atoms with E-state index in [-0.39, 0.29) is 18.4 Å². The lowest BCUT2D eigenvalue weighted by molar-refractivity contribution is -0.174. The van der Waals surface area contributed by atoms with E-state index in [1.54, 1.807) is 29.2 Å². The van der Waals surface area contributed by atoms with E-state index in [1.807, 2.05) is 13.8 Å². The zero-order valence-electron chi connectivity index (χ0n) is 18.2. The van der Waals surface area contributed by atoms with Gasteiger partial charge < -0.3 is 9.64 Å². The normalized spacial score (nSPS) is 18.4. The van der Waals surface area contributed by atoms with Crippen molar-refractivity contribution in [2.75, 3.05) is 45.9 Å². The molecule has 2 aliphatic heterocycles. The molecule has 0 radical (unpaired) electrons. The molecule has 1 saturated heterocycles. The van der Waals surface area contributed by atoms with Crippen LogP contribution < -0.4 is 0 Å². The molecule has 1 fully saturated rings. The third-order valence-corrected chi connectivity index (χ3v) is 5.70. The molecule has 1 aromatic carbocycles. The van der Waals surface area contributed by atoms with E-state index < -0.39 is 30.6 Å². The van der Waals surface area contributed by atoms with Crippen LogP contribution in [0.1, 0.15) is 41.0 Å². The molecule has 0 bridgehead atoms. The summed E-state index contributed by atoms with van der Waals surface area (Å²) in [4.78, 5) is 43.8. The number of imide groups is 1. The van der Waals surface area contributed by atoms with Crippen molar-refractivity contribution in [1.29, 1.82) is 0 Å². The third kappa shape index (κ3) is 5.47. The first kappa shape index (κ1) is 24.2. The van der Waals surface area contributed by atoms with Gasteiger partial charge in [0, 0.05) is 39.3 Å². The first-order valence-electron chi connectivity index (χ1n) is 10.7. The molecular formula is C22H28F3N3O4. The van der Waals surface area contributed by atoms with E-state index in [0.29, 0.717) is 50.3 Å². The van der Waals surface area contributed by atoms with Gasteiger partial charge in [0.2, 0.25) is 5.91 Å². The first-order valence-corrected chi connectivity index (χ1v) is 10.7. The number of hydrogen-bond donors (Lipinski definition) is 0. The van der Waals surface area contributed by atoms with Crippen LogP contribution in [0.5, 0.6) is 0 Å². The summed E-state index contributed by atoms with van der Waals surface area (Å²) in [6.07, 6.45) is -3.86. The summed E-state index contributed by atoms with van der Waals surface area (Å²) in [5.74, 6) is -1.42. The number of carbonyl (C=O) groups excluding carboxylic acids is 3. The molecule has 0 saturated carbocycles. The maximum atomic E-state index is 13.3. The Labute approximate surface area is 185 Å². The highest BCUT2D eigenvalue weighted by Gasteiger charge is 2.45. The molecule has 0 spiro atoms. The maximum absolute atomic E-state index is 13.3. The molecule has 1 aromatic rings. The Bertz CT molecular complexity index is 816. The van der Waals surface area contributed by atoms with Gasteiger partial charge in [-0.2, -0.15) is 13.2 Å². The van der Waals surface area contributed by atoms with E-state index in [9.17, 15) is 27.6 Å². The van der Waals surface area contributed by atoms with Gasteiger partial charge in [-0.1, -0.05) is 26.0 Å². The Balaban J connectivity index is 1.54. The van der Waals surface area contributed by atoms with E-state index in [4.69, 9.17) is 0 Å². The largest absolute Gasteiger partial charge is 0.411 e. The second-order valence-corrected chi connectivity index (χ2v) is 8.40. The summed E-state index contributed by atoms with van der Waals surface area (Å²) >= 11 is 0. The molecule has 0 aliphatic carbocycles. The highest BCUT2D eigenvalue weighted by molar-refractivity contribution is 6.22. The van der Waals surface area contributed by atoms with Crippen molar-refractivity contribution >= 4 is 17.7 Å². The molecule has 32 heavy (non-hydrogen) atoms. The quantitative estimate of drug-likeness (QED) is 0.445. The summed E-state index contributed by atoms with van der Waals surface area (Å²) in [7, 11) is 0. The van der Waals surface area contributed by atoms with E-state index >= 15 is 0 Å². The number of carbonyl (C=O) groups is 3. The lowest BCUT2D eigenvalue weighted by Gasteiger charge is -2.38. The molecule has 176 valence electrons. The van der Waals surface area contributed by atoms with E-state index in [0.717, 1.165) is 4.90 Å². The smallest absolute Gasteiger partial charge is 0.372 e. The van der Waals surface area contributed by atoms with Crippen LogP contribution in [-0.2, 0) is 9.53 Å². The molecule has 7 nitrogen and oxygen atoms in total. The van der Waals surface area contributed by atoms with Crippen molar-refractivity contribution in [3.8, 4) is 0 Å². The Morgan fingerprint density at radius 3 is 2.09 bits per heavy atom. The zero-order valence-corrected chi connectivity index (χ0v) is 18.2. The molecule has 10 heteroatoms. The van der Waals surface area contributed by atoms with Crippen LogP contribution in [0, 0.1) is 5.92 Å². The van der Waals surface area contributed by atoms with Gasteiger partial charge in [0.1, 0.15) is 12.6 Å². The van der Waals surface area contributed by atoms with Gasteiger partial charge in [0.05, 0.1) is 11.1 Å². The van der Waals surface area contributed by atoms with Crippen LogP contribution in [0.3, 0.4) is 0 Å². The van der Waals surface area contributed by atoms with Crippen LogP contribution in [-0.4, -0.2) is 90.6 Å². The lowest BCUT2D eigenvalue weighted by atomic mass is 10.0. The van der Waals surface area contributed by atoms with Crippen molar-refractivity contribution in [3.63, 3.8) is 0 Å². The minimum absolute atomic E-state index is 0.0216. The van der Waals surface area contributed by atoms with Gasteiger partial charge in [-0.15, -0.1) is 0 Å². The van der Waals surface area contributed by atoms with Crippen molar-refractivity contribution in [1.82, 2.24) is 14.7 Å². The van der Waals surface area contributed by atoms with Crippen molar-refractivity contribution < 1.29 is 32.3 Å². The Kier molecular flexibility index (Phi) is 7.55. The standard InChI is InChI=1S/C22H28F3N3O4/c1-15(2)18(28-19(29)16-6-3-4-7-17(16)20(28)30)21(31)27-11-9-26(10-12-27)8-5-13-32-14-22(23,24)25/h3-4,6-7,15,18H,5,8-14H2,1-2H3. The van der Waals surface area contributed by atoms with Gasteiger partial charge in [0.15, 0.2) is 0 Å². The summed E-state index contributed by atoms with van der Waals surface area (Å²) in [6.45, 7) is 4.95. The number of benzene rings is 1. The fourth-order valence-corrected chi connectivity index (χ4v) is 4.11. The zero-order chi connectivity index (χ0) is 23.5. The van der Waals surface area contributed by atoms with Gasteiger partial charge in [-0.05, 0) is 24.5 Å². The van der Waals surface area contributed by atoms with Gasteiger partial charge in [-0.3, -0.25) is 24.2 Å². The van der Waals surface area contributed by atoms with Crippen LogP contribution in [0.15, 0.2) is 24.3 Å². The second-order valence-electron chi connectivity index (χ2n) is 8.40. The van der Waals surface area contributed by atoms with Gasteiger partial charge >= 0.3 is 6.18 Å². The molecule has 3 rings (SSSR count). The SMILES string of the molecule is CC(C)C(C(=O)N1CCN(CCCOCC(F)(F)F)CC1)N1C(=O)c2ccccc2C1=O. The Morgan fingerprint density at radius 2 is 1.59 bits per heavy atom. The summed E-state index contributed by atoms with van der Waals surface area (Å²) in [5.41, 5.74) is 0.627. The maximum Gasteiger partial charge on any atom is 0.411 e. The number of hydrogen-bond acceptors (Lipinski definition) is 5. The summed E-state index contributed by atoms with van der Waals surface area (Å²) in [5, 5.41) is 0. The monoisotopic (exact) mass is 455 g/mol. The highest BCUT2D eigenvalue weighted by atomic mass is 19.4. The number of amides is 3. The molecule has 0 aromatic heterocycles. The fourth-order valence-electron chi connectivity index (χ4n) is 4.11. The van der Waals surface area contributed by atoms with Crippen molar-refractivity contribution in [3.05, 3.63) is 35.4 Å². The topological polar surface area (TPSA) is 70.2 Å². The van der Waals surface area contributed by atoms with Crippen LogP contribution in [0.2, 0.25) is 0 Å². The fraction of sp³-hybridized carbons (Fsp3) is 0.591. The molecule has 1 atom stereocenters. The number of ether oxygens (including phenoxy) is 1. The molecule has 3 amide bonds. The average Bonchev–Trinajstić information content (AvgIpc) is 2.98. The molecular weight excluding hydrogens is 427 g/mol. The first-order chi connectivity index (χ1) is 15.1. The minimum Gasteiger partial charge on any atom is -0.372 e. The molecule has 1 unspecified atom stereocenters.